The van der Waals surface area contributed by atoms with Gasteiger partial charge in [0.1, 0.15) is 0 Å². The van der Waals surface area contributed by atoms with Crippen molar-refractivity contribution < 1.29 is 4.79 Å². The Balaban J connectivity index is 1.57. The van der Waals surface area contributed by atoms with Crippen LogP contribution in [0.4, 0.5) is 0 Å². The third-order valence-corrected chi connectivity index (χ3v) is 5.92. The fourth-order valence-electron chi connectivity index (χ4n) is 3.58. The first kappa shape index (κ1) is 17.5. The van der Waals surface area contributed by atoms with E-state index in [1.54, 1.807) is 24.2 Å². The van der Waals surface area contributed by atoms with Gasteiger partial charge in [-0.1, -0.05) is 11.6 Å². The van der Waals surface area contributed by atoms with Crippen molar-refractivity contribution in [3.63, 3.8) is 0 Å². The molecule has 0 aliphatic carbocycles. The van der Waals surface area contributed by atoms with Crippen molar-refractivity contribution in [2.45, 2.75) is 37.6 Å². The number of allylic oxidation sites excluding steroid dienone is 1. The molecule has 0 spiro atoms. The first-order valence-electron chi connectivity index (χ1n) is 8.80. The summed E-state index contributed by atoms with van der Waals surface area (Å²) in [5.74, 6) is 1.43. The maximum atomic E-state index is 12.7. The molecule has 4 nitrogen and oxygen atoms in total. The summed E-state index contributed by atoms with van der Waals surface area (Å²) in [6.45, 7) is 8.29. The SMILES string of the molecule is CC(C)=CCN1C[C@@H]2CC[C@H]1CN(C(=O)CSc1ccncc1)C2. The number of thioether (sulfide) groups is 1. The van der Waals surface area contributed by atoms with E-state index in [4.69, 9.17) is 0 Å². The molecule has 3 aliphatic heterocycles. The minimum atomic E-state index is 0.276. The fourth-order valence-corrected chi connectivity index (χ4v) is 4.36. The van der Waals surface area contributed by atoms with Crippen LogP contribution in [0.15, 0.2) is 41.1 Å². The predicted octanol–water partition coefficient (Wildman–Crippen LogP) is 3.06. The van der Waals surface area contributed by atoms with E-state index < -0.39 is 0 Å². The molecule has 1 aromatic heterocycles. The van der Waals surface area contributed by atoms with Crippen LogP contribution in [-0.2, 0) is 4.79 Å². The van der Waals surface area contributed by atoms with Crippen molar-refractivity contribution >= 4 is 17.7 Å². The van der Waals surface area contributed by atoms with E-state index in [1.165, 1.54) is 18.4 Å². The maximum absolute atomic E-state index is 12.7. The summed E-state index contributed by atoms with van der Waals surface area (Å²) >= 11 is 1.61. The largest absolute Gasteiger partial charge is 0.340 e. The second kappa shape index (κ2) is 8.17. The van der Waals surface area contributed by atoms with Gasteiger partial charge in [-0.25, -0.2) is 0 Å². The highest BCUT2D eigenvalue weighted by atomic mass is 32.2. The van der Waals surface area contributed by atoms with Crippen LogP contribution in [0.5, 0.6) is 0 Å². The van der Waals surface area contributed by atoms with Gasteiger partial charge in [-0.15, -0.1) is 11.8 Å². The Morgan fingerprint density at radius 3 is 2.79 bits per heavy atom. The molecule has 0 radical (unpaired) electrons. The molecule has 24 heavy (non-hydrogen) atoms. The Morgan fingerprint density at radius 1 is 1.25 bits per heavy atom. The van der Waals surface area contributed by atoms with Crippen LogP contribution < -0.4 is 0 Å². The van der Waals surface area contributed by atoms with Gasteiger partial charge in [-0.05, 0) is 44.7 Å². The van der Waals surface area contributed by atoms with Gasteiger partial charge in [0, 0.05) is 49.5 Å². The molecule has 3 aliphatic rings. The van der Waals surface area contributed by atoms with E-state index in [0.29, 0.717) is 17.7 Å². The summed E-state index contributed by atoms with van der Waals surface area (Å²) in [6, 6.07) is 4.45. The van der Waals surface area contributed by atoms with Gasteiger partial charge in [0.2, 0.25) is 5.91 Å². The number of aromatic nitrogens is 1. The second-order valence-corrected chi connectivity index (χ2v) is 8.15. The lowest BCUT2D eigenvalue weighted by Crippen LogP contribution is -2.44. The monoisotopic (exact) mass is 345 g/mol. The Bertz CT molecular complexity index is 586. The first-order valence-corrected chi connectivity index (χ1v) is 9.78. The number of carbonyl (C=O) groups excluding carboxylic acids is 1. The normalized spacial score (nSPS) is 23.8. The summed E-state index contributed by atoms with van der Waals surface area (Å²) < 4.78 is 0. The number of pyridine rings is 1. The standard InChI is InChI=1S/C19H27N3OS/c1-15(2)7-10-21-11-16-3-4-17(21)13-22(12-16)19(23)14-24-18-5-8-20-9-6-18/h5-9,16-17H,3-4,10-14H2,1-2H3/t16-,17-/m0/s1. The molecule has 0 unspecified atom stereocenters. The molecular formula is C19H27N3OS. The summed E-state index contributed by atoms with van der Waals surface area (Å²) in [7, 11) is 0. The van der Waals surface area contributed by atoms with Gasteiger partial charge in [0.05, 0.1) is 5.75 Å². The molecule has 0 saturated carbocycles. The highest BCUT2D eigenvalue weighted by Crippen LogP contribution is 2.28. The molecule has 0 aromatic carbocycles. The molecule has 5 heteroatoms. The molecule has 130 valence electrons. The van der Waals surface area contributed by atoms with Crippen LogP contribution in [0.25, 0.3) is 0 Å². The summed E-state index contributed by atoms with van der Waals surface area (Å²) in [5, 5.41) is 0. The van der Waals surface area contributed by atoms with Gasteiger partial charge in [-0.2, -0.15) is 0 Å². The van der Waals surface area contributed by atoms with Gasteiger partial charge < -0.3 is 4.90 Å². The lowest BCUT2D eigenvalue weighted by molar-refractivity contribution is -0.128. The topological polar surface area (TPSA) is 36.4 Å². The predicted molar refractivity (Wildman–Crippen MR) is 99.1 cm³/mol. The van der Waals surface area contributed by atoms with Gasteiger partial charge in [-0.3, -0.25) is 14.7 Å². The molecule has 1 aromatic rings. The lowest BCUT2D eigenvalue weighted by atomic mass is 9.95. The Hall–Kier alpha value is -1.33. The Morgan fingerprint density at radius 2 is 2.04 bits per heavy atom. The van der Waals surface area contributed by atoms with E-state index in [2.05, 4.69) is 34.7 Å². The quantitative estimate of drug-likeness (QED) is 0.607. The van der Waals surface area contributed by atoms with E-state index in [0.717, 1.165) is 31.1 Å². The van der Waals surface area contributed by atoms with Gasteiger partial charge >= 0.3 is 0 Å². The summed E-state index contributed by atoms with van der Waals surface area (Å²) in [4.78, 5) is 22.5. The summed E-state index contributed by atoms with van der Waals surface area (Å²) in [6.07, 6.45) is 8.35. The maximum Gasteiger partial charge on any atom is 0.232 e. The van der Waals surface area contributed by atoms with Crippen molar-refractivity contribution in [3.8, 4) is 0 Å². The van der Waals surface area contributed by atoms with E-state index >= 15 is 0 Å². The van der Waals surface area contributed by atoms with Crippen LogP contribution in [0.2, 0.25) is 0 Å². The number of carbonyl (C=O) groups is 1. The van der Waals surface area contributed by atoms with Crippen molar-refractivity contribution in [2.75, 3.05) is 31.9 Å². The smallest absolute Gasteiger partial charge is 0.232 e. The molecule has 3 saturated heterocycles. The minimum Gasteiger partial charge on any atom is -0.340 e. The second-order valence-electron chi connectivity index (χ2n) is 7.10. The van der Waals surface area contributed by atoms with Crippen molar-refractivity contribution in [2.24, 2.45) is 5.92 Å². The number of rotatable bonds is 5. The number of hydrogen-bond donors (Lipinski definition) is 0. The third kappa shape index (κ3) is 4.61. The summed E-state index contributed by atoms with van der Waals surface area (Å²) in [5.41, 5.74) is 1.37. The average molecular weight is 346 g/mol. The number of piperidine rings is 1. The van der Waals surface area contributed by atoms with E-state index in [9.17, 15) is 4.79 Å². The molecule has 2 bridgehead atoms. The number of fused-ring (bicyclic) bond motifs is 4. The minimum absolute atomic E-state index is 0.276. The molecule has 3 fully saturated rings. The zero-order valence-electron chi connectivity index (χ0n) is 14.6. The van der Waals surface area contributed by atoms with E-state index in [-0.39, 0.29) is 5.91 Å². The Labute approximate surface area is 149 Å². The number of hydrogen-bond acceptors (Lipinski definition) is 4. The Kier molecular flexibility index (Phi) is 5.95. The van der Waals surface area contributed by atoms with Crippen LogP contribution >= 0.6 is 11.8 Å². The van der Waals surface area contributed by atoms with Crippen LogP contribution in [0, 0.1) is 5.92 Å². The lowest BCUT2D eigenvalue weighted by Gasteiger charge is -2.35. The highest BCUT2D eigenvalue weighted by molar-refractivity contribution is 8.00. The molecule has 0 N–H and O–H groups in total. The number of nitrogens with zero attached hydrogens (tertiary/aromatic N) is 3. The zero-order chi connectivity index (χ0) is 16.9. The van der Waals surface area contributed by atoms with Crippen LogP contribution in [0.3, 0.4) is 0 Å². The third-order valence-electron chi connectivity index (χ3n) is 4.93. The first-order chi connectivity index (χ1) is 11.6. The molecule has 2 atom stereocenters. The van der Waals surface area contributed by atoms with E-state index in [1.807, 2.05) is 12.1 Å². The highest BCUT2D eigenvalue weighted by Gasteiger charge is 2.35. The molecule has 1 amide bonds. The van der Waals surface area contributed by atoms with Crippen molar-refractivity contribution in [1.29, 1.82) is 0 Å². The van der Waals surface area contributed by atoms with Crippen molar-refractivity contribution in [1.82, 2.24) is 14.8 Å². The fraction of sp³-hybridized carbons (Fsp3) is 0.579. The van der Waals surface area contributed by atoms with Crippen LogP contribution in [0.1, 0.15) is 26.7 Å². The van der Waals surface area contributed by atoms with Gasteiger partial charge in [0.25, 0.3) is 0 Å². The zero-order valence-corrected chi connectivity index (χ0v) is 15.5. The number of amides is 1. The van der Waals surface area contributed by atoms with Crippen molar-refractivity contribution in [3.05, 3.63) is 36.2 Å². The van der Waals surface area contributed by atoms with Crippen LogP contribution in [-0.4, -0.2) is 58.7 Å². The molecular weight excluding hydrogens is 318 g/mol. The van der Waals surface area contributed by atoms with Gasteiger partial charge in [0.15, 0.2) is 0 Å². The molecule has 4 heterocycles. The molecule has 4 rings (SSSR count). The average Bonchev–Trinajstić information content (AvgIpc) is 2.90.